The van der Waals surface area contributed by atoms with Crippen LogP contribution in [0.2, 0.25) is 0 Å². The van der Waals surface area contributed by atoms with Crippen molar-refractivity contribution < 1.29 is 28.9 Å². The van der Waals surface area contributed by atoms with Gasteiger partial charge in [0.2, 0.25) is 5.95 Å². The molecule has 2 fully saturated rings. The van der Waals surface area contributed by atoms with Crippen LogP contribution in [0.1, 0.15) is 24.8 Å². The number of aliphatic hydroxyl groups excluding tert-OH is 2. The molecule has 0 spiro atoms. The van der Waals surface area contributed by atoms with Gasteiger partial charge in [-0.2, -0.15) is 0 Å². The van der Waals surface area contributed by atoms with E-state index < -0.39 is 5.82 Å². The third kappa shape index (κ3) is 6.02. The summed E-state index contributed by atoms with van der Waals surface area (Å²) in [5.74, 6) is -0.119. The number of rotatable bonds is 10. The minimum atomic E-state index is -0.468. The van der Waals surface area contributed by atoms with Crippen molar-refractivity contribution in [1.29, 1.82) is 0 Å². The van der Waals surface area contributed by atoms with Crippen molar-refractivity contribution in [2.75, 3.05) is 44.4 Å². The Morgan fingerprint density at radius 2 is 2.00 bits per heavy atom. The van der Waals surface area contributed by atoms with Crippen LogP contribution in [-0.4, -0.2) is 71.7 Å². The average molecular weight is 461 g/mol. The van der Waals surface area contributed by atoms with Gasteiger partial charge in [-0.25, -0.2) is 14.4 Å². The number of oxime groups is 1. The molecule has 1 aromatic heterocycles. The number of halogens is 1. The Morgan fingerprint density at radius 1 is 1.18 bits per heavy atom. The van der Waals surface area contributed by atoms with Gasteiger partial charge in [-0.15, -0.1) is 0 Å². The normalized spacial score (nSPS) is 19.2. The Kier molecular flexibility index (Phi) is 8.16. The predicted octanol–water partition coefficient (Wildman–Crippen LogP) is 2.12. The van der Waals surface area contributed by atoms with Crippen LogP contribution >= 0.6 is 0 Å². The summed E-state index contributed by atoms with van der Waals surface area (Å²) in [4.78, 5) is 16.0. The summed E-state index contributed by atoms with van der Waals surface area (Å²) in [7, 11) is 0. The Labute approximate surface area is 191 Å². The summed E-state index contributed by atoms with van der Waals surface area (Å²) in [6.45, 7) is 1.99. The van der Waals surface area contributed by atoms with Crippen molar-refractivity contribution >= 4 is 11.7 Å². The fraction of sp³-hybridized carbons (Fsp3) is 0.522. The van der Waals surface area contributed by atoms with E-state index in [0.717, 1.165) is 31.6 Å². The van der Waals surface area contributed by atoms with Crippen LogP contribution in [0.15, 0.2) is 35.7 Å². The number of anilines is 1. The number of aromatic nitrogens is 2. The molecular formula is C23H29FN4O5. The lowest BCUT2D eigenvalue weighted by Gasteiger charge is -2.32. The zero-order valence-corrected chi connectivity index (χ0v) is 18.4. The minimum absolute atomic E-state index is 0.0499. The highest BCUT2D eigenvalue weighted by atomic mass is 19.1. The van der Waals surface area contributed by atoms with Gasteiger partial charge < -0.3 is 29.4 Å². The Balaban J connectivity index is 1.22. The third-order valence-electron chi connectivity index (χ3n) is 5.65. The fourth-order valence-corrected chi connectivity index (χ4v) is 3.62. The number of benzene rings is 1. The topological polar surface area (TPSA) is 110 Å². The maximum absolute atomic E-state index is 14.4. The molecule has 2 saturated heterocycles. The van der Waals surface area contributed by atoms with Gasteiger partial charge in [0.1, 0.15) is 12.4 Å². The molecule has 4 rings (SSSR count). The third-order valence-corrected chi connectivity index (χ3v) is 5.65. The van der Waals surface area contributed by atoms with E-state index in [-0.39, 0.29) is 37.6 Å². The SMILES string of the molecule is OCc1cccc(-c2cnc(N3CC(=NOCC(CO)COC4CCCCO4)C3)nc2)c1F. The Morgan fingerprint density at radius 3 is 2.70 bits per heavy atom. The predicted molar refractivity (Wildman–Crippen MR) is 119 cm³/mol. The summed E-state index contributed by atoms with van der Waals surface area (Å²) >= 11 is 0. The van der Waals surface area contributed by atoms with Gasteiger partial charge in [0.25, 0.3) is 0 Å². The number of ether oxygens (including phenoxy) is 2. The second kappa shape index (κ2) is 11.5. The first-order valence-electron chi connectivity index (χ1n) is 11.1. The molecule has 0 aliphatic carbocycles. The first-order valence-corrected chi connectivity index (χ1v) is 11.1. The molecule has 3 heterocycles. The zero-order valence-electron chi connectivity index (χ0n) is 18.4. The molecule has 1 aromatic carbocycles. The van der Waals surface area contributed by atoms with Crippen molar-refractivity contribution in [3.63, 3.8) is 0 Å². The Hall–Kier alpha value is -2.66. The molecule has 33 heavy (non-hydrogen) atoms. The van der Waals surface area contributed by atoms with Gasteiger partial charge in [-0.3, -0.25) is 0 Å². The summed E-state index contributed by atoms with van der Waals surface area (Å²) in [6, 6.07) is 4.86. The lowest BCUT2D eigenvalue weighted by atomic mass is 10.1. The molecule has 2 unspecified atom stereocenters. The van der Waals surface area contributed by atoms with Crippen LogP contribution in [0.5, 0.6) is 0 Å². The molecule has 178 valence electrons. The molecule has 2 aliphatic heterocycles. The number of hydrogen-bond acceptors (Lipinski definition) is 9. The van der Waals surface area contributed by atoms with E-state index in [4.69, 9.17) is 14.3 Å². The van der Waals surface area contributed by atoms with E-state index in [1.165, 1.54) is 6.07 Å². The molecule has 0 radical (unpaired) electrons. The standard InChI is InChI=1S/C23H29FN4O5/c24-22-17(13-30)4-3-5-20(22)18-8-25-23(26-9-18)28-10-19(11-28)27-33-15-16(12-29)14-32-21-6-1-2-7-31-21/h3-5,8-9,16,21,29-30H,1-2,6-7,10-15H2. The van der Waals surface area contributed by atoms with Crippen LogP contribution in [0, 0.1) is 11.7 Å². The first kappa shape index (κ1) is 23.5. The van der Waals surface area contributed by atoms with E-state index in [9.17, 15) is 14.6 Å². The molecule has 2 aliphatic rings. The van der Waals surface area contributed by atoms with Crippen LogP contribution in [0.4, 0.5) is 10.3 Å². The first-order chi connectivity index (χ1) is 16.2. The lowest BCUT2D eigenvalue weighted by Crippen LogP contribution is -2.48. The molecule has 2 N–H and O–H groups in total. The van der Waals surface area contributed by atoms with Gasteiger partial charge in [0, 0.05) is 41.6 Å². The van der Waals surface area contributed by atoms with Crippen LogP contribution in [-0.2, 0) is 20.9 Å². The summed E-state index contributed by atoms with van der Waals surface area (Å²) < 4.78 is 25.6. The van der Waals surface area contributed by atoms with Gasteiger partial charge in [0.05, 0.1) is 38.6 Å². The van der Waals surface area contributed by atoms with E-state index in [2.05, 4.69) is 15.1 Å². The molecule has 2 atom stereocenters. The quantitative estimate of drug-likeness (QED) is 0.519. The second-order valence-corrected chi connectivity index (χ2v) is 8.20. The molecular weight excluding hydrogens is 431 g/mol. The molecule has 2 aromatic rings. The highest BCUT2D eigenvalue weighted by Gasteiger charge is 2.25. The minimum Gasteiger partial charge on any atom is -0.396 e. The maximum Gasteiger partial charge on any atom is 0.225 e. The molecule has 0 bridgehead atoms. The van der Waals surface area contributed by atoms with Crippen molar-refractivity contribution in [1.82, 2.24) is 9.97 Å². The summed E-state index contributed by atoms with van der Waals surface area (Å²) in [5.41, 5.74) is 1.97. The molecule has 10 heteroatoms. The smallest absolute Gasteiger partial charge is 0.225 e. The van der Waals surface area contributed by atoms with E-state index >= 15 is 0 Å². The lowest BCUT2D eigenvalue weighted by molar-refractivity contribution is -0.173. The van der Waals surface area contributed by atoms with E-state index in [0.29, 0.717) is 36.8 Å². The van der Waals surface area contributed by atoms with Crippen molar-refractivity contribution in [2.24, 2.45) is 11.1 Å². The number of hydrogen-bond donors (Lipinski definition) is 2. The number of nitrogens with zero attached hydrogens (tertiary/aromatic N) is 4. The summed E-state index contributed by atoms with van der Waals surface area (Å²) in [6.07, 6.45) is 5.97. The molecule has 0 saturated carbocycles. The van der Waals surface area contributed by atoms with Gasteiger partial charge in [0.15, 0.2) is 6.29 Å². The molecule has 9 nitrogen and oxygen atoms in total. The van der Waals surface area contributed by atoms with Gasteiger partial charge >= 0.3 is 0 Å². The monoisotopic (exact) mass is 460 g/mol. The highest BCUT2D eigenvalue weighted by molar-refractivity contribution is 5.98. The maximum atomic E-state index is 14.4. The van der Waals surface area contributed by atoms with Crippen LogP contribution in [0.25, 0.3) is 11.1 Å². The van der Waals surface area contributed by atoms with Crippen molar-refractivity contribution in [2.45, 2.75) is 32.2 Å². The van der Waals surface area contributed by atoms with Crippen LogP contribution < -0.4 is 4.90 Å². The number of aliphatic hydroxyl groups is 2. The second-order valence-electron chi connectivity index (χ2n) is 8.20. The van der Waals surface area contributed by atoms with Crippen LogP contribution in [0.3, 0.4) is 0 Å². The van der Waals surface area contributed by atoms with Crippen molar-refractivity contribution in [3.8, 4) is 11.1 Å². The molecule has 0 amide bonds. The van der Waals surface area contributed by atoms with Gasteiger partial charge in [-0.05, 0) is 19.3 Å². The average Bonchev–Trinajstić information content (AvgIpc) is 2.83. The Bertz CT molecular complexity index is 929. The fourth-order valence-electron chi connectivity index (χ4n) is 3.62. The van der Waals surface area contributed by atoms with Gasteiger partial charge in [-0.1, -0.05) is 23.4 Å². The highest BCUT2D eigenvalue weighted by Crippen LogP contribution is 2.25. The van der Waals surface area contributed by atoms with E-state index in [1.807, 2.05) is 4.90 Å². The zero-order chi connectivity index (χ0) is 23.0. The van der Waals surface area contributed by atoms with E-state index in [1.54, 1.807) is 24.5 Å². The largest absolute Gasteiger partial charge is 0.396 e. The summed E-state index contributed by atoms with van der Waals surface area (Å²) in [5, 5.41) is 22.9. The van der Waals surface area contributed by atoms with Crippen molar-refractivity contribution in [3.05, 3.63) is 42.0 Å².